The summed E-state index contributed by atoms with van der Waals surface area (Å²) in [6.45, 7) is 2.03. The number of aryl methyl sites for hydroxylation is 1. The molecule has 1 amide bonds. The van der Waals surface area contributed by atoms with Gasteiger partial charge in [-0.2, -0.15) is 5.26 Å². The highest BCUT2D eigenvalue weighted by atomic mass is 32.1. The van der Waals surface area contributed by atoms with Crippen molar-refractivity contribution in [2.75, 3.05) is 5.32 Å². The highest BCUT2D eigenvalue weighted by molar-refractivity contribution is 7.14. The van der Waals surface area contributed by atoms with Crippen molar-refractivity contribution in [1.82, 2.24) is 14.6 Å². The number of hydrogen-bond acceptors (Lipinski definition) is 7. The van der Waals surface area contributed by atoms with Crippen LogP contribution in [0.4, 0.5) is 5.13 Å². The van der Waals surface area contributed by atoms with Gasteiger partial charge in [0.2, 0.25) is 0 Å². The Balaban J connectivity index is 1.74. The Hall–Kier alpha value is -2.63. The zero-order valence-corrected chi connectivity index (χ0v) is 14.4. The van der Waals surface area contributed by atoms with E-state index in [0.717, 1.165) is 41.3 Å². The Bertz CT molecular complexity index is 892. The van der Waals surface area contributed by atoms with Crippen molar-refractivity contribution in [2.24, 2.45) is 0 Å². The molecule has 0 bridgehead atoms. The molecular formula is C16H13N5OS2. The van der Waals surface area contributed by atoms with E-state index in [0.29, 0.717) is 15.6 Å². The van der Waals surface area contributed by atoms with Crippen molar-refractivity contribution >= 4 is 33.9 Å². The summed E-state index contributed by atoms with van der Waals surface area (Å²) in [6, 6.07) is 9.25. The first-order chi connectivity index (χ1) is 11.7. The topological polar surface area (TPSA) is 91.6 Å². The molecule has 0 aliphatic rings. The van der Waals surface area contributed by atoms with E-state index in [1.165, 1.54) is 11.3 Å². The quantitative estimate of drug-likeness (QED) is 0.753. The lowest BCUT2D eigenvalue weighted by molar-refractivity contribution is 0.102. The van der Waals surface area contributed by atoms with E-state index in [2.05, 4.69) is 26.0 Å². The van der Waals surface area contributed by atoms with Gasteiger partial charge in [0.1, 0.15) is 4.88 Å². The third-order valence-corrected chi connectivity index (χ3v) is 4.81. The Morgan fingerprint density at radius 1 is 1.33 bits per heavy atom. The van der Waals surface area contributed by atoms with Crippen LogP contribution < -0.4 is 5.32 Å². The Labute approximate surface area is 147 Å². The normalized spacial score (nSPS) is 10.3. The Kier molecular flexibility index (Phi) is 4.93. The van der Waals surface area contributed by atoms with Gasteiger partial charge in [-0.3, -0.25) is 10.1 Å². The summed E-state index contributed by atoms with van der Waals surface area (Å²) >= 11 is 2.45. The smallest absolute Gasteiger partial charge is 0.271 e. The lowest BCUT2D eigenvalue weighted by Crippen LogP contribution is -2.12. The molecule has 0 fully saturated rings. The number of carbonyl (C=O) groups is 1. The molecule has 2 aromatic heterocycles. The minimum Gasteiger partial charge on any atom is -0.297 e. The third-order valence-electron chi connectivity index (χ3n) is 3.28. The number of nitrogens with one attached hydrogen (secondary N) is 1. The van der Waals surface area contributed by atoms with E-state index in [4.69, 9.17) is 5.26 Å². The van der Waals surface area contributed by atoms with Crippen LogP contribution in [-0.4, -0.2) is 20.5 Å². The fourth-order valence-electron chi connectivity index (χ4n) is 2.11. The molecule has 24 heavy (non-hydrogen) atoms. The summed E-state index contributed by atoms with van der Waals surface area (Å²) in [5, 5.41) is 18.0. The molecule has 3 rings (SSSR count). The summed E-state index contributed by atoms with van der Waals surface area (Å²) < 4.78 is 3.86. The van der Waals surface area contributed by atoms with Gasteiger partial charge in [-0.1, -0.05) is 30.0 Å². The van der Waals surface area contributed by atoms with Crippen LogP contribution in [0.3, 0.4) is 0 Å². The highest BCUT2D eigenvalue weighted by Crippen LogP contribution is 2.26. The number of aromatic nitrogens is 3. The number of thiazole rings is 1. The van der Waals surface area contributed by atoms with Crippen molar-refractivity contribution in [2.45, 2.75) is 19.8 Å². The van der Waals surface area contributed by atoms with Gasteiger partial charge in [0.25, 0.3) is 5.91 Å². The molecular weight excluding hydrogens is 342 g/mol. The number of rotatable bonds is 5. The van der Waals surface area contributed by atoms with E-state index in [-0.39, 0.29) is 5.91 Å². The monoisotopic (exact) mass is 355 g/mol. The van der Waals surface area contributed by atoms with Crippen molar-refractivity contribution in [3.8, 4) is 17.3 Å². The second-order valence-electron chi connectivity index (χ2n) is 4.98. The fraction of sp³-hybridized carbons (Fsp3) is 0.188. The van der Waals surface area contributed by atoms with Crippen molar-refractivity contribution < 1.29 is 4.79 Å². The second kappa shape index (κ2) is 7.29. The predicted octanol–water partition coefficient (Wildman–Crippen LogP) is 3.74. The van der Waals surface area contributed by atoms with Crippen LogP contribution >= 0.6 is 22.9 Å². The molecule has 6 nitrogen and oxygen atoms in total. The first-order valence-corrected chi connectivity index (χ1v) is 8.95. The average molecular weight is 355 g/mol. The van der Waals surface area contributed by atoms with Crippen molar-refractivity contribution in [1.29, 1.82) is 5.26 Å². The first-order valence-electron chi connectivity index (χ1n) is 7.30. The van der Waals surface area contributed by atoms with Crippen LogP contribution in [0.1, 0.15) is 34.3 Å². The van der Waals surface area contributed by atoms with Gasteiger partial charge in [-0.05, 0) is 30.1 Å². The van der Waals surface area contributed by atoms with Gasteiger partial charge in [0.05, 0.1) is 23.0 Å². The summed E-state index contributed by atoms with van der Waals surface area (Å²) in [4.78, 5) is 17.3. The van der Waals surface area contributed by atoms with Crippen LogP contribution in [0.25, 0.3) is 11.3 Å². The summed E-state index contributed by atoms with van der Waals surface area (Å²) in [5.41, 5.74) is 2.99. The molecule has 2 heterocycles. The molecule has 0 atom stereocenters. The van der Waals surface area contributed by atoms with Gasteiger partial charge in [0.15, 0.2) is 5.13 Å². The van der Waals surface area contributed by atoms with E-state index >= 15 is 0 Å². The van der Waals surface area contributed by atoms with Crippen LogP contribution in [0.5, 0.6) is 0 Å². The maximum Gasteiger partial charge on any atom is 0.271 e. The van der Waals surface area contributed by atoms with Gasteiger partial charge in [0, 0.05) is 10.9 Å². The predicted molar refractivity (Wildman–Crippen MR) is 94.1 cm³/mol. The van der Waals surface area contributed by atoms with Gasteiger partial charge in [-0.15, -0.1) is 16.4 Å². The van der Waals surface area contributed by atoms with Crippen LogP contribution in [-0.2, 0) is 6.42 Å². The highest BCUT2D eigenvalue weighted by Gasteiger charge is 2.17. The molecule has 0 radical (unpaired) electrons. The molecule has 0 aliphatic heterocycles. The summed E-state index contributed by atoms with van der Waals surface area (Å²) in [6.07, 6.45) is 1.64. The molecule has 0 saturated heterocycles. The SMILES string of the molecule is CCCc1nnsc1C(=O)Nc1nc(-c2ccc(C#N)cc2)cs1. The van der Waals surface area contributed by atoms with E-state index in [1.54, 1.807) is 12.1 Å². The van der Waals surface area contributed by atoms with Crippen LogP contribution in [0, 0.1) is 11.3 Å². The first kappa shape index (κ1) is 16.2. The molecule has 1 N–H and O–H groups in total. The van der Waals surface area contributed by atoms with Gasteiger partial charge in [-0.25, -0.2) is 4.98 Å². The zero-order valence-electron chi connectivity index (χ0n) is 12.8. The Morgan fingerprint density at radius 2 is 2.12 bits per heavy atom. The number of amides is 1. The Morgan fingerprint density at radius 3 is 2.83 bits per heavy atom. The zero-order chi connectivity index (χ0) is 16.9. The number of nitrogens with zero attached hydrogens (tertiary/aromatic N) is 4. The van der Waals surface area contributed by atoms with Crippen molar-refractivity contribution in [3.05, 3.63) is 45.8 Å². The van der Waals surface area contributed by atoms with E-state index in [9.17, 15) is 4.79 Å². The summed E-state index contributed by atoms with van der Waals surface area (Å²) in [5.74, 6) is -0.228. The lowest BCUT2D eigenvalue weighted by atomic mass is 10.1. The van der Waals surface area contributed by atoms with Crippen LogP contribution in [0.15, 0.2) is 29.6 Å². The number of hydrogen-bond donors (Lipinski definition) is 1. The lowest BCUT2D eigenvalue weighted by Gasteiger charge is -2.00. The second-order valence-corrected chi connectivity index (χ2v) is 6.59. The molecule has 0 saturated carbocycles. The van der Waals surface area contributed by atoms with Gasteiger partial charge < -0.3 is 0 Å². The maximum absolute atomic E-state index is 12.4. The molecule has 0 aliphatic carbocycles. The number of nitriles is 1. The average Bonchev–Trinajstić information content (AvgIpc) is 3.25. The summed E-state index contributed by atoms with van der Waals surface area (Å²) in [7, 11) is 0. The minimum absolute atomic E-state index is 0.228. The number of benzene rings is 1. The standard InChI is InChI=1S/C16H13N5OS2/c1-2-3-12-14(24-21-20-12)15(22)19-16-18-13(9-23-16)11-6-4-10(8-17)5-7-11/h4-7,9H,2-3H2,1H3,(H,18,19,22). The number of anilines is 1. The molecule has 1 aromatic carbocycles. The fourth-order valence-corrected chi connectivity index (χ4v) is 3.43. The molecule has 120 valence electrons. The maximum atomic E-state index is 12.4. The molecule has 0 spiro atoms. The van der Waals surface area contributed by atoms with Gasteiger partial charge >= 0.3 is 0 Å². The largest absolute Gasteiger partial charge is 0.297 e. The molecule has 3 aromatic rings. The van der Waals surface area contributed by atoms with E-state index in [1.807, 2.05) is 24.4 Å². The molecule has 0 unspecified atom stereocenters. The molecule has 8 heteroatoms. The minimum atomic E-state index is -0.228. The van der Waals surface area contributed by atoms with Crippen LogP contribution in [0.2, 0.25) is 0 Å². The third kappa shape index (κ3) is 3.48. The number of carbonyl (C=O) groups excluding carboxylic acids is 1. The van der Waals surface area contributed by atoms with E-state index < -0.39 is 0 Å². The van der Waals surface area contributed by atoms with Crippen molar-refractivity contribution in [3.63, 3.8) is 0 Å².